The second-order valence-corrected chi connectivity index (χ2v) is 9.40. The second kappa shape index (κ2) is 7.38. The summed E-state index contributed by atoms with van der Waals surface area (Å²) in [5.74, 6) is 1.47. The van der Waals surface area contributed by atoms with Crippen molar-refractivity contribution in [2.75, 3.05) is 25.0 Å². The molecule has 5 rings (SSSR count). The summed E-state index contributed by atoms with van der Waals surface area (Å²) in [6, 6.07) is 9.15. The minimum Gasteiger partial charge on any atom is -0.342 e. The van der Waals surface area contributed by atoms with E-state index in [1.54, 1.807) is 5.57 Å². The topological polar surface area (TPSA) is 18.5 Å². The summed E-state index contributed by atoms with van der Waals surface area (Å²) < 4.78 is 0. The van der Waals surface area contributed by atoms with Crippen LogP contribution in [0.4, 0.5) is 5.69 Å². The highest BCUT2D eigenvalue weighted by atomic mass is 35.5. The summed E-state index contributed by atoms with van der Waals surface area (Å²) in [4.78, 5) is 5.24. The molecule has 3 fully saturated rings. The molecule has 4 atom stereocenters. The van der Waals surface area contributed by atoms with Gasteiger partial charge in [-0.05, 0) is 74.8 Å². The predicted molar refractivity (Wildman–Crippen MR) is 116 cm³/mol. The number of rotatable bonds is 1. The molecule has 0 radical (unpaired) electrons. The van der Waals surface area contributed by atoms with Crippen molar-refractivity contribution in [1.82, 2.24) is 9.80 Å². The first-order valence-corrected chi connectivity index (χ1v) is 11.3. The number of nitrogens with one attached hydrogen (secondary N) is 1. The zero-order valence-corrected chi connectivity index (χ0v) is 17.3. The number of nitrogens with zero attached hydrogens (tertiary/aromatic N) is 2. The third-order valence-corrected chi connectivity index (χ3v) is 7.70. The van der Waals surface area contributed by atoms with E-state index in [0.717, 1.165) is 34.3 Å². The van der Waals surface area contributed by atoms with Crippen LogP contribution in [0.25, 0.3) is 0 Å². The van der Waals surface area contributed by atoms with Crippen molar-refractivity contribution in [3.8, 4) is 0 Å². The van der Waals surface area contributed by atoms with Gasteiger partial charge in [-0.1, -0.05) is 41.8 Å². The Morgan fingerprint density at radius 2 is 2.04 bits per heavy atom. The zero-order valence-electron chi connectivity index (χ0n) is 15.7. The third kappa shape index (κ3) is 3.30. The molecule has 3 aliphatic heterocycles. The monoisotopic (exact) mass is 401 g/mol. The Morgan fingerprint density at radius 3 is 2.93 bits per heavy atom. The summed E-state index contributed by atoms with van der Waals surface area (Å²) >= 11 is 12.2. The Bertz CT molecular complexity index is 764. The minimum atomic E-state index is 0.473. The van der Waals surface area contributed by atoms with Crippen LogP contribution >= 0.6 is 23.8 Å². The van der Waals surface area contributed by atoms with Gasteiger partial charge in [-0.15, -0.1) is 0 Å². The first-order valence-electron chi connectivity index (χ1n) is 10.5. The van der Waals surface area contributed by atoms with E-state index in [0.29, 0.717) is 12.0 Å². The normalized spacial score (nSPS) is 32.9. The number of halogens is 1. The molecule has 3 saturated heterocycles. The van der Waals surface area contributed by atoms with Gasteiger partial charge in [0.15, 0.2) is 5.11 Å². The molecule has 2 bridgehead atoms. The first kappa shape index (κ1) is 18.0. The molecule has 144 valence electrons. The highest BCUT2D eigenvalue weighted by molar-refractivity contribution is 7.80. The minimum absolute atomic E-state index is 0.473. The molecule has 1 N–H and O–H groups in total. The van der Waals surface area contributed by atoms with Gasteiger partial charge in [-0.3, -0.25) is 4.90 Å². The zero-order chi connectivity index (χ0) is 18.4. The van der Waals surface area contributed by atoms with E-state index in [2.05, 4.69) is 21.2 Å². The molecule has 0 aromatic heterocycles. The largest absolute Gasteiger partial charge is 0.342 e. The van der Waals surface area contributed by atoms with E-state index in [4.69, 9.17) is 23.8 Å². The van der Waals surface area contributed by atoms with E-state index in [9.17, 15) is 0 Å². The van der Waals surface area contributed by atoms with Crippen LogP contribution in [0.2, 0.25) is 5.02 Å². The van der Waals surface area contributed by atoms with E-state index in [1.807, 2.05) is 24.3 Å². The number of hydrogen-bond donors (Lipinski definition) is 1. The Labute approximate surface area is 172 Å². The number of likely N-dealkylation sites (tertiary alicyclic amines) is 1. The lowest BCUT2D eigenvalue weighted by Gasteiger charge is -2.55. The molecule has 4 aliphatic rings. The van der Waals surface area contributed by atoms with Gasteiger partial charge in [0.1, 0.15) is 0 Å². The summed E-state index contributed by atoms with van der Waals surface area (Å²) in [5, 5.41) is 4.99. The maximum Gasteiger partial charge on any atom is 0.173 e. The average Bonchev–Trinajstić information content (AvgIpc) is 2.69. The number of fused-ring (bicyclic) bond motifs is 6. The number of anilines is 1. The molecular formula is C22H28ClN3S. The number of hydrogen-bond acceptors (Lipinski definition) is 2. The van der Waals surface area contributed by atoms with Gasteiger partial charge in [0.25, 0.3) is 0 Å². The van der Waals surface area contributed by atoms with Crippen LogP contribution in [0.5, 0.6) is 0 Å². The molecule has 3 nitrogen and oxygen atoms in total. The Balaban J connectivity index is 1.40. The lowest BCUT2D eigenvalue weighted by atomic mass is 9.68. The number of thiocarbonyl (C=S) groups is 1. The van der Waals surface area contributed by atoms with Gasteiger partial charge in [0, 0.05) is 19.1 Å². The highest BCUT2D eigenvalue weighted by Gasteiger charge is 2.46. The van der Waals surface area contributed by atoms with Crippen molar-refractivity contribution < 1.29 is 0 Å². The maximum absolute atomic E-state index is 6.35. The molecule has 27 heavy (non-hydrogen) atoms. The van der Waals surface area contributed by atoms with Gasteiger partial charge >= 0.3 is 0 Å². The quantitative estimate of drug-likeness (QED) is 0.530. The van der Waals surface area contributed by atoms with Crippen LogP contribution in [-0.4, -0.2) is 46.6 Å². The Hall–Kier alpha value is -1.10. The smallest absolute Gasteiger partial charge is 0.173 e. The maximum atomic E-state index is 6.35. The molecular weight excluding hydrogens is 374 g/mol. The van der Waals surface area contributed by atoms with Crippen LogP contribution in [0, 0.1) is 11.8 Å². The van der Waals surface area contributed by atoms with Crippen LogP contribution < -0.4 is 5.32 Å². The van der Waals surface area contributed by atoms with E-state index in [-0.39, 0.29) is 0 Å². The van der Waals surface area contributed by atoms with E-state index < -0.39 is 0 Å². The second-order valence-electron chi connectivity index (χ2n) is 8.61. The number of piperidine rings is 3. The highest BCUT2D eigenvalue weighted by Crippen LogP contribution is 2.45. The molecule has 1 aromatic rings. The van der Waals surface area contributed by atoms with Crippen LogP contribution in [-0.2, 0) is 0 Å². The van der Waals surface area contributed by atoms with E-state index >= 15 is 0 Å². The molecule has 5 heteroatoms. The number of benzene rings is 1. The molecule has 1 aromatic carbocycles. The Morgan fingerprint density at radius 1 is 1.15 bits per heavy atom. The standard InChI is InChI=1S/C22H28ClN3S/c23-18-7-1-2-8-19(18)24-22(27)26-11-5-6-15-12-16-13-17(21(15)26)14-25-10-4-3-9-20(16)25/h1-2,7-8,12,16-17,20-21H,3-6,9-11,13-14H2,(H,24,27)/t16-,17-,20-,21-/m1/s1. The summed E-state index contributed by atoms with van der Waals surface area (Å²) in [7, 11) is 0. The fraction of sp³-hybridized carbons (Fsp3) is 0.591. The number of para-hydroxylation sites is 1. The summed E-state index contributed by atoms with van der Waals surface area (Å²) in [6.45, 7) is 3.58. The lowest BCUT2D eigenvalue weighted by molar-refractivity contribution is 0.0132. The molecule has 0 amide bonds. The van der Waals surface area contributed by atoms with Gasteiger partial charge < -0.3 is 10.2 Å². The molecule has 0 spiro atoms. The van der Waals surface area contributed by atoms with E-state index in [1.165, 1.54) is 51.6 Å². The van der Waals surface area contributed by atoms with Crippen molar-refractivity contribution >= 4 is 34.6 Å². The van der Waals surface area contributed by atoms with Crippen molar-refractivity contribution in [3.63, 3.8) is 0 Å². The van der Waals surface area contributed by atoms with Gasteiger partial charge in [0.2, 0.25) is 0 Å². The van der Waals surface area contributed by atoms with Crippen LogP contribution in [0.3, 0.4) is 0 Å². The van der Waals surface area contributed by atoms with Crippen LogP contribution in [0.1, 0.15) is 38.5 Å². The van der Waals surface area contributed by atoms with Gasteiger partial charge in [0.05, 0.1) is 16.8 Å². The third-order valence-electron chi connectivity index (χ3n) is 7.03. The summed E-state index contributed by atoms with van der Waals surface area (Å²) in [6.07, 6.45) is 10.6. The lowest BCUT2D eigenvalue weighted by Crippen LogP contribution is -2.60. The van der Waals surface area contributed by atoms with Crippen molar-refractivity contribution in [1.29, 1.82) is 0 Å². The fourth-order valence-corrected chi connectivity index (χ4v) is 6.45. The summed E-state index contributed by atoms with van der Waals surface area (Å²) in [5.41, 5.74) is 2.56. The van der Waals surface area contributed by atoms with Crippen LogP contribution in [0.15, 0.2) is 35.9 Å². The predicted octanol–water partition coefficient (Wildman–Crippen LogP) is 4.93. The van der Waals surface area contributed by atoms with Crippen molar-refractivity contribution in [3.05, 3.63) is 40.9 Å². The fourth-order valence-electron chi connectivity index (χ4n) is 5.95. The molecule has 0 unspecified atom stereocenters. The van der Waals surface area contributed by atoms with Crippen molar-refractivity contribution in [2.45, 2.75) is 50.6 Å². The molecule has 3 heterocycles. The first-order chi connectivity index (χ1) is 13.2. The average molecular weight is 402 g/mol. The Kier molecular flexibility index (Phi) is 4.91. The SMILES string of the molecule is S=C(Nc1ccccc1Cl)N1CCCC2=C[C@@H]3C[C@H](CN4CCCC[C@H]34)[C@@H]21. The molecule has 0 saturated carbocycles. The van der Waals surface area contributed by atoms with Crippen molar-refractivity contribution in [2.24, 2.45) is 11.8 Å². The van der Waals surface area contributed by atoms with Gasteiger partial charge in [-0.2, -0.15) is 0 Å². The molecule has 1 aliphatic carbocycles. The van der Waals surface area contributed by atoms with Gasteiger partial charge in [-0.25, -0.2) is 0 Å².